The Morgan fingerprint density at radius 3 is 2.39 bits per heavy atom. The first kappa shape index (κ1) is 29.7. The van der Waals surface area contributed by atoms with E-state index in [-0.39, 0.29) is 34.5 Å². The first-order chi connectivity index (χ1) is 19.1. The maximum Gasteiger partial charge on any atom is 0.408 e. The Kier molecular flexibility index (Phi) is 8.19. The molecule has 1 atom stereocenters. The van der Waals surface area contributed by atoms with Crippen molar-refractivity contribution in [2.75, 3.05) is 5.73 Å². The molecule has 0 saturated carbocycles. The Balaban J connectivity index is 1.94. The van der Waals surface area contributed by atoms with Crippen LogP contribution in [0.4, 0.5) is 19.5 Å². The molecule has 0 radical (unpaired) electrons. The van der Waals surface area contributed by atoms with Gasteiger partial charge in [-0.1, -0.05) is 17.5 Å². The topological polar surface area (TPSA) is 128 Å². The molecule has 9 nitrogen and oxygen atoms in total. The van der Waals surface area contributed by atoms with Crippen LogP contribution in [-0.2, 0) is 11.2 Å². The summed E-state index contributed by atoms with van der Waals surface area (Å²) in [4.78, 5) is 17.7. The Labute approximate surface area is 240 Å². The molecule has 41 heavy (non-hydrogen) atoms. The number of pyridine rings is 2. The average Bonchev–Trinajstić information content (AvgIpc) is 3.23. The minimum Gasteiger partial charge on any atom is -0.444 e. The van der Waals surface area contributed by atoms with Gasteiger partial charge in [0, 0.05) is 17.2 Å². The fourth-order valence-corrected chi connectivity index (χ4v) is 4.31. The van der Waals surface area contributed by atoms with Crippen molar-refractivity contribution in [1.29, 1.82) is 0 Å². The van der Waals surface area contributed by atoms with E-state index < -0.39 is 35.0 Å². The van der Waals surface area contributed by atoms with Gasteiger partial charge in [-0.05, 0) is 88.9 Å². The number of benzene rings is 1. The van der Waals surface area contributed by atoms with Crippen LogP contribution in [0.5, 0.6) is 0 Å². The predicted octanol–water partition coefficient (Wildman–Crippen LogP) is 5.24. The van der Waals surface area contributed by atoms with Crippen LogP contribution in [0.1, 0.15) is 57.6 Å². The average molecular weight is 583 g/mol. The smallest absolute Gasteiger partial charge is 0.408 e. The van der Waals surface area contributed by atoms with Crippen LogP contribution in [0.15, 0.2) is 42.5 Å². The molecule has 3 aromatic heterocycles. The SMILES string of the molecule is CC(C)(O)C#Cc1ccc(-c2ccc(Cl)n3c(N)nnc23)c(C(Cc2cc(F)cc(F)c2)NC(=O)OC(C)(C)C)n1. The van der Waals surface area contributed by atoms with E-state index in [4.69, 9.17) is 27.1 Å². The normalized spacial score (nSPS) is 12.5. The number of alkyl carbamates (subject to hydrolysis) is 1. The zero-order valence-corrected chi connectivity index (χ0v) is 23.8. The Hall–Kier alpha value is -4.27. The number of carbonyl (C=O) groups is 1. The summed E-state index contributed by atoms with van der Waals surface area (Å²) in [5, 5.41) is 21.3. The lowest BCUT2D eigenvalue weighted by molar-refractivity contribution is 0.0502. The lowest BCUT2D eigenvalue weighted by atomic mass is 9.95. The number of hydrogen-bond acceptors (Lipinski definition) is 7. The molecule has 0 aliphatic carbocycles. The van der Waals surface area contributed by atoms with E-state index in [1.807, 2.05) is 0 Å². The van der Waals surface area contributed by atoms with Gasteiger partial charge in [0.2, 0.25) is 5.95 Å². The van der Waals surface area contributed by atoms with Crippen molar-refractivity contribution in [3.8, 4) is 23.0 Å². The maximum absolute atomic E-state index is 14.1. The molecule has 0 saturated heterocycles. The Morgan fingerprint density at radius 2 is 1.76 bits per heavy atom. The molecule has 0 aliphatic rings. The van der Waals surface area contributed by atoms with E-state index in [1.54, 1.807) is 45.0 Å². The number of fused-ring (bicyclic) bond motifs is 1. The molecule has 0 fully saturated rings. The molecule has 3 heterocycles. The van der Waals surface area contributed by atoms with Crippen LogP contribution in [0.2, 0.25) is 5.15 Å². The summed E-state index contributed by atoms with van der Waals surface area (Å²) >= 11 is 6.34. The molecule has 4 rings (SSSR count). The van der Waals surface area contributed by atoms with Crippen LogP contribution < -0.4 is 11.1 Å². The van der Waals surface area contributed by atoms with Crippen molar-refractivity contribution in [2.24, 2.45) is 0 Å². The number of nitrogens with two attached hydrogens (primary N) is 1. The van der Waals surface area contributed by atoms with Crippen molar-refractivity contribution in [2.45, 2.75) is 58.3 Å². The molecule has 1 unspecified atom stereocenters. The van der Waals surface area contributed by atoms with Crippen molar-refractivity contribution in [1.82, 2.24) is 24.9 Å². The third-order valence-corrected chi connectivity index (χ3v) is 5.92. The first-order valence-corrected chi connectivity index (χ1v) is 13.0. The number of carbonyl (C=O) groups excluding carboxylic acids is 1. The number of nitrogen functional groups attached to an aromatic ring is 1. The van der Waals surface area contributed by atoms with E-state index in [9.17, 15) is 18.7 Å². The summed E-state index contributed by atoms with van der Waals surface area (Å²) in [7, 11) is 0. The monoisotopic (exact) mass is 582 g/mol. The van der Waals surface area contributed by atoms with Crippen LogP contribution in [-0.4, -0.2) is 42.0 Å². The molecule has 12 heteroatoms. The molecular formula is C29H29ClF2N6O3. The minimum absolute atomic E-state index is 0.0605. The summed E-state index contributed by atoms with van der Waals surface area (Å²) < 4.78 is 35.2. The zero-order valence-electron chi connectivity index (χ0n) is 23.1. The van der Waals surface area contributed by atoms with Gasteiger partial charge in [-0.3, -0.25) is 4.40 Å². The number of nitrogens with one attached hydrogen (secondary N) is 1. The third-order valence-electron chi connectivity index (χ3n) is 5.62. The number of hydrogen-bond donors (Lipinski definition) is 3. The standard InChI is InChI=1S/C29H29ClF2N6O3/c1-28(2,3)41-27(39)35-22(14-16-12-17(31)15-18(32)13-16)24-20(7-6-19(34-24)10-11-29(4,5)40)21-8-9-23(30)38-25(21)36-37-26(38)33/h6-9,12-13,15,22,40H,14H2,1-5H3,(H2,33,37)(H,35,39). The fourth-order valence-electron chi connectivity index (χ4n) is 4.08. The molecule has 4 aromatic rings. The van der Waals surface area contributed by atoms with Gasteiger partial charge < -0.3 is 20.9 Å². The second-order valence-corrected chi connectivity index (χ2v) is 11.3. The highest BCUT2D eigenvalue weighted by Crippen LogP contribution is 2.34. The number of anilines is 1. The van der Waals surface area contributed by atoms with Crippen molar-refractivity contribution >= 4 is 29.3 Å². The van der Waals surface area contributed by atoms with Crippen molar-refractivity contribution < 1.29 is 23.4 Å². The number of ether oxygens (including phenoxy) is 1. The summed E-state index contributed by atoms with van der Waals surface area (Å²) in [6, 6.07) is 8.79. The van der Waals surface area contributed by atoms with Gasteiger partial charge in [-0.15, -0.1) is 10.2 Å². The van der Waals surface area contributed by atoms with E-state index in [0.717, 1.165) is 6.07 Å². The molecular weight excluding hydrogens is 554 g/mol. The van der Waals surface area contributed by atoms with E-state index in [0.29, 0.717) is 16.8 Å². The van der Waals surface area contributed by atoms with Gasteiger partial charge in [-0.25, -0.2) is 18.6 Å². The molecule has 214 valence electrons. The van der Waals surface area contributed by atoms with Crippen LogP contribution in [0, 0.1) is 23.5 Å². The molecule has 1 aromatic carbocycles. The van der Waals surface area contributed by atoms with E-state index in [1.165, 1.54) is 30.4 Å². The van der Waals surface area contributed by atoms with E-state index in [2.05, 4.69) is 27.4 Å². The number of aromatic nitrogens is 4. The highest BCUT2D eigenvalue weighted by molar-refractivity contribution is 6.30. The Morgan fingerprint density at radius 1 is 1.10 bits per heavy atom. The number of amides is 1. The second-order valence-electron chi connectivity index (χ2n) is 10.9. The molecule has 4 N–H and O–H groups in total. The summed E-state index contributed by atoms with van der Waals surface area (Å²) in [5.74, 6) is 4.07. The molecule has 0 spiro atoms. The molecule has 1 amide bonds. The van der Waals surface area contributed by atoms with Crippen LogP contribution in [0.3, 0.4) is 0 Å². The Bertz CT molecular complexity index is 1660. The number of halogens is 3. The van der Waals surface area contributed by atoms with Crippen LogP contribution in [0.25, 0.3) is 16.8 Å². The first-order valence-electron chi connectivity index (χ1n) is 12.6. The molecule has 0 aliphatic heterocycles. The second kappa shape index (κ2) is 11.3. The lowest BCUT2D eigenvalue weighted by Crippen LogP contribution is -2.36. The summed E-state index contributed by atoms with van der Waals surface area (Å²) in [6.45, 7) is 8.18. The van der Waals surface area contributed by atoms with E-state index >= 15 is 0 Å². The number of nitrogens with zero attached hydrogens (tertiary/aromatic N) is 4. The van der Waals surface area contributed by atoms with Gasteiger partial charge in [-0.2, -0.15) is 0 Å². The van der Waals surface area contributed by atoms with Crippen molar-refractivity contribution in [3.63, 3.8) is 0 Å². The maximum atomic E-state index is 14.1. The van der Waals surface area contributed by atoms with Crippen LogP contribution >= 0.6 is 11.6 Å². The summed E-state index contributed by atoms with van der Waals surface area (Å²) in [5.41, 5.74) is 6.02. The quantitative estimate of drug-likeness (QED) is 0.217. The largest absolute Gasteiger partial charge is 0.444 e. The van der Waals surface area contributed by atoms with Gasteiger partial charge in [0.25, 0.3) is 0 Å². The van der Waals surface area contributed by atoms with Gasteiger partial charge in [0.1, 0.15) is 33.7 Å². The summed E-state index contributed by atoms with van der Waals surface area (Å²) in [6.07, 6.45) is -0.831. The number of aliphatic hydroxyl groups is 1. The minimum atomic E-state index is -1.30. The van der Waals surface area contributed by atoms with Crippen molar-refractivity contribution in [3.05, 3.63) is 76.2 Å². The lowest BCUT2D eigenvalue weighted by Gasteiger charge is -2.25. The number of rotatable bonds is 5. The third kappa shape index (κ3) is 7.48. The van der Waals surface area contributed by atoms with Gasteiger partial charge >= 0.3 is 6.09 Å². The zero-order chi connectivity index (χ0) is 30.1. The fraction of sp³-hybridized carbons (Fsp3) is 0.310. The molecule has 0 bridgehead atoms. The van der Waals surface area contributed by atoms with Gasteiger partial charge in [0.15, 0.2) is 5.65 Å². The predicted molar refractivity (Wildman–Crippen MR) is 151 cm³/mol. The highest BCUT2D eigenvalue weighted by atomic mass is 35.5. The highest BCUT2D eigenvalue weighted by Gasteiger charge is 2.26. The van der Waals surface area contributed by atoms with Gasteiger partial charge in [0.05, 0.1) is 11.7 Å².